The van der Waals surface area contributed by atoms with Crippen molar-refractivity contribution >= 4 is 5.78 Å². The fourth-order valence-corrected chi connectivity index (χ4v) is 1.69. The summed E-state index contributed by atoms with van der Waals surface area (Å²) in [6.45, 7) is 5.89. The average molecular weight is 251 g/mol. The molecular weight excluding hydrogens is 230 g/mol. The highest BCUT2D eigenvalue weighted by Gasteiger charge is 2.19. The minimum Gasteiger partial charge on any atom is -0.489 e. The van der Waals surface area contributed by atoms with Crippen LogP contribution in [-0.2, 0) is 4.74 Å². The van der Waals surface area contributed by atoms with E-state index in [1.54, 1.807) is 25.6 Å². The second-order valence-corrected chi connectivity index (χ2v) is 4.45. The van der Waals surface area contributed by atoms with E-state index in [0.717, 1.165) is 6.42 Å². The van der Waals surface area contributed by atoms with Gasteiger partial charge in [-0.25, -0.2) is 0 Å². The number of aromatic nitrogens is 1. The zero-order valence-electron chi connectivity index (χ0n) is 11.5. The molecule has 0 radical (unpaired) electrons. The van der Waals surface area contributed by atoms with E-state index in [1.807, 2.05) is 20.8 Å². The number of Topliss-reactive ketones (excluding diaryl/α,β-unsaturated/α-hetero) is 1. The van der Waals surface area contributed by atoms with E-state index in [1.165, 1.54) is 0 Å². The molecule has 0 saturated carbocycles. The fraction of sp³-hybridized carbons (Fsp3) is 0.571. The SMILES string of the molecule is CCCC(OC)C(=O)c1cncc(OC(C)C)c1. The Kier molecular flexibility index (Phi) is 5.78. The zero-order chi connectivity index (χ0) is 13.5. The van der Waals surface area contributed by atoms with E-state index < -0.39 is 6.10 Å². The van der Waals surface area contributed by atoms with Crippen molar-refractivity contribution in [2.75, 3.05) is 7.11 Å². The summed E-state index contributed by atoms with van der Waals surface area (Å²) < 4.78 is 10.7. The quantitative estimate of drug-likeness (QED) is 0.699. The molecule has 0 aliphatic carbocycles. The van der Waals surface area contributed by atoms with Gasteiger partial charge in [0.1, 0.15) is 11.9 Å². The van der Waals surface area contributed by atoms with Crippen LogP contribution in [0.4, 0.5) is 0 Å². The first-order chi connectivity index (χ1) is 8.58. The smallest absolute Gasteiger partial charge is 0.193 e. The van der Waals surface area contributed by atoms with Crippen molar-refractivity contribution < 1.29 is 14.3 Å². The molecule has 1 heterocycles. The van der Waals surface area contributed by atoms with E-state index in [2.05, 4.69) is 4.98 Å². The van der Waals surface area contributed by atoms with Crippen molar-refractivity contribution in [3.8, 4) is 5.75 Å². The van der Waals surface area contributed by atoms with Crippen molar-refractivity contribution in [3.63, 3.8) is 0 Å². The summed E-state index contributed by atoms with van der Waals surface area (Å²) in [5, 5.41) is 0. The van der Waals surface area contributed by atoms with Gasteiger partial charge in [0, 0.05) is 18.9 Å². The maximum absolute atomic E-state index is 12.2. The Labute approximate surface area is 108 Å². The van der Waals surface area contributed by atoms with Crippen LogP contribution in [0.3, 0.4) is 0 Å². The number of methoxy groups -OCH3 is 1. The zero-order valence-corrected chi connectivity index (χ0v) is 11.5. The van der Waals surface area contributed by atoms with Crippen molar-refractivity contribution in [2.45, 2.75) is 45.8 Å². The van der Waals surface area contributed by atoms with E-state index in [4.69, 9.17) is 9.47 Å². The lowest BCUT2D eigenvalue weighted by molar-refractivity contribution is 0.0578. The van der Waals surface area contributed by atoms with Crippen LogP contribution >= 0.6 is 0 Å². The number of ether oxygens (including phenoxy) is 2. The Bertz CT molecular complexity index is 390. The summed E-state index contributed by atoms with van der Waals surface area (Å²) in [5.74, 6) is 0.572. The Hall–Kier alpha value is -1.42. The summed E-state index contributed by atoms with van der Waals surface area (Å²) in [4.78, 5) is 16.2. The third-order valence-electron chi connectivity index (χ3n) is 2.50. The van der Waals surface area contributed by atoms with Crippen LogP contribution in [-0.4, -0.2) is 30.1 Å². The molecule has 1 aromatic heterocycles. The van der Waals surface area contributed by atoms with Gasteiger partial charge in [-0.3, -0.25) is 9.78 Å². The normalized spacial score (nSPS) is 12.5. The second kappa shape index (κ2) is 7.11. The van der Waals surface area contributed by atoms with Crippen LogP contribution in [0.5, 0.6) is 5.75 Å². The predicted molar refractivity (Wildman–Crippen MR) is 70.0 cm³/mol. The Balaban J connectivity index is 2.84. The van der Waals surface area contributed by atoms with Crippen LogP contribution in [0.15, 0.2) is 18.5 Å². The van der Waals surface area contributed by atoms with Gasteiger partial charge >= 0.3 is 0 Å². The Morgan fingerprint density at radius 1 is 1.39 bits per heavy atom. The first-order valence-electron chi connectivity index (χ1n) is 6.27. The minimum absolute atomic E-state index is 0.0407. The molecule has 0 spiro atoms. The summed E-state index contributed by atoms with van der Waals surface area (Å²) in [5.41, 5.74) is 0.536. The molecule has 0 bridgehead atoms. The predicted octanol–water partition coefficient (Wildman–Crippen LogP) is 2.87. The van der Waals surface area contributed by atoms with Gasteiger partial charge in [0.25, 0.3) is 0 Å². The van der Waals surface area contributed by atoms with Crippen LogP contribution in [0.2, 0.25) is 0 Å². The average Bonchev–Trinajstić information content (AvgIpc) is 2.34. The number of rotatable bonds is 7. The summed E-state index contributed by atoms with van der Waals surface area (Å²) in [7, 11) is 1.56. The van der Waals surface area contributed by atoms with Gasteiger partial charge in [0.2, 0.25) is 0 Å². The summed E-state index contributed by atoms with van der Waals surface area (Å²) in [6, 6.07) is 1.72. The fourth-order valence-electron chi connectivity index (χ4n) is 1.69. The van der Waals surface area contributed by atoms with Crippen LogP contribution in [0.25, 0.3) is 0 Å². The van der Waals surface area contributed by atoms with E-state index in [9.17, 15) is 4.79 Å². The van der Waals surface area contributed by atoms with Gasteiger partial charge in [-0.2, -0.15) is 0 Å². The number of pyridine rings is 1. The van der Waals surface area contributed by atoms with Gasteiger partial charge < -0.3 is 9.47 Å². The molecule has 1 rings (SSSR count). The number of carbonyl (C=O) groups is 1. The Morgan fingerprint density at radius 3 is 2.67 bits per heavy atom. The molecule has 18 heavy (non-hydrogen) atoms. The summed E-state index contributed by atoms with van der Waals surface area (Å²) in [6.07, 6.45) is 4.44. The monoisotopic (exact) mass is 251 g/mol. The number of hydrogen-bond acceptors (Lipinski definition) is 4. The van der Waals surface area contributed by atoms with Gasteiger partial charge in [0.15, 0.2) is 5.78 Å². The van der Waals surface area contributed by atoms with Crippen molar-refractivity contribution in [2.24, 2.45) is 0 Å². The van der Waals surface area contributed by atoms with Gasteiger partial charge in [-0.05, 0) is 26.3 Å². The highest BCUT2D eigenvalue weighted by molar-refractivity contribution is 5.99. The lowest BCUT2D eigenvalue weighted by Gasteiger charge is -2.14. The van der Waals surface area contributed by atoms with Crippen LogP contribution in [0.1, 0.15) is 44.0 Å². The van der Waals surface area contributed by atoms with Crippen LogP contribution < -0.4 is 4.74 Å². The molecule has 0 saturated heterocycles. The highest BCUT2D eigenvalue weighted by Crippen LogP contribution is 2.16. The molecule has 1 atom stereocenters. The van der Waals surface area contributed by atoms with E-state index in [-0.39, 0.29) is 11.9 Å². The standard InChI is InChI=1S/C14H21NO3/c1-5-6-13(17-4)14(16)11-7-12(9-15-8-11)18-10(2)3/h7-10,13H,5-6H2,1-4H3. The third-order valence-corrected chi connectivity index (χ3v) is 2.50. The molecule has 0 aliphatic rings. The molecule has 1 unspecified atom stereocenters. The van der Waals surface area contributed by atoms with Crippen molar-refractivity contribution in [1.82, 2.24) is 4.98 Å². The largest absolute Gasteiger partial charge is 0.489 e. The molecule has 100 valence electrons. The first-order valence-corrected chi connectivity index (χ1v) is 6.27. The minimum atomic E-state index is -0.397. The van der Waals surface area contributed by atoms with E-state index in [0.29, 0.717) is 17.7 Å². The number of ketones is 1. The molecular formula is C14H21NO3. The van der Waals surface area contributed by atoms with Gasteiger partial charge in [-0.15, -0.1) is 0 Å². The first kappa shape index (κ1) is 14.6. The maximum Gasteiger partial charge on any atom is 0.193 e. The van der Waals surface area contributed by atoms with Gasteiger partial charge in [0.05, 0.1) is 12.3 Å². The number of carbonyl (C=O) groups excluding carboxylic acids is 1. The van der Waals surface area contributed by atoms with Crippen molar-refractivity contribution in [1.29, 1.82) is 0 Å². The third kappa shape index (κ3) is 4.11. The molecule has 4 nitrogen and oxygen atoms in total. The molecule has 0 aliphatic heterocycles. The van der Waals surface area contributed by atoms with Gasteiger partial charge in [-0.1, -0.05) is 13.3 Å². The van der Waals surface area contributed by atoms with E-state index >= 15 is 0 Å². The molecule has 0 N–H and O–H groups in total. The number of nitrogens with zero attached hydrogens (tertiary/aromatic N) is 1. The van der Waals surface area contributed by atoms with Crippen LogP contribution in [0, 0.1) is 0 Å². The highest BCUT2D eigenvalue weighted by atomic mass is 16.5. The number of hydrogen-bond donors (Lipinski definition) is 0. The lowest BCUT2D eigenvalue weighted by atomic mass is 10.0. The molecule has 0 amide bonds. The summed E-state index contributed by atoms with van der Waals surface area (Å²) >= 11 is 0. The lowest BCUT2D eigenvalue weighted by Crippen LogP contribution is -2.23. The molecule has 0 aromatic carbocycles. The molecule has 0 fully saturated rings. The van der Waals surface area contributed by atoms with Crippen molar-refractivity contribution in [3.05, 3.63) is 24.0 Å². The maximum atomic E-state index is 12.2. The molecule has 1 aromatic rings. The Morgan fingerprint density at radius 2 is 2.11 bits per heavy atom. The second-order valence-electron chi connectivity index (χ2n) is 4.45. The topological polar surface area (TPSA) is 48.4 Å². The molecule has 4 heteroatoms.